The van der Waals surface area contributed by atoms with Crippen molar-refractivity contribution in [2.24, 2.45) is 0 Å². The molecule has 0 fully saturated rings. The summed E-state index contributed by atoms with van der Waals surface area (Å²) in [6.45, 7) is 1.54. The van der Waals surface area contributed by atoms with Gasteiger partial charge < -0.3 is 4.74 Å². The summed E-state index contributed by atoms with van der Waals surface area (Å²) in [6.07, 6.45) is 0.434. The molecule has 6 nitrogen and oxygen atoms in total. The molecule has 2 N–H and O–H groups in total. The van der Waals surface area contributed by atoms with Crippen LogP contribution in [0.15, 0.2) is 54.6 Å². The number of amides is 2. The maximum absolute atomic E-state index is 11.8. The molecule has 6 heteroatoms. The largest absolute Gasteiger partial charge is 0.484 e. The van der Waals surface area contributed by atoms with Gasteiger partial charge >= 0.3 is 0 Å². The summed E-state index contributed by atoms with van der Waals surface area (Å²) >= 11 is 0. The Hall–Kier alpha value is -3.15. The van der Waals surface area contributed by atoms with Crippen molar-refractivity contribution in [3.63, 3.8) is 0 Å². The summed E-state index contributed by atoms with van der Waals surface area (Å²) in [5.74, 6) is -0.394. The molecule has 0 saturated carbocycles. The van der Waals surface area contributed by atoms with Crippen LogP contribution in [0.4, 0.5) is 0 Å². The molecule has 124 valence electrons. The van der Waals surface area contributed by atoms with Gasteiger partial charge in [0.15, 0.2) is 12.4 Å². The van der Waals surface area contributed by atoms with Crippen LogP contribution in [0.1, 0.15) is 34.1 Å². The number of Topliss-reactive ketones (excluding diaryl/α,β-unsaturated/α-hetero) is 1. The van der Waals surface area contributed by atoms with Crippen molar-refractivity contribution in [1.29, 1.82) is 0 Å². The van der Waals surface area contributed by atoms with E-state index in [2.05, 4.69) is 10.9 Å². The Morgan fingerprint density at radius 1 is 0.875 bits per heavy atom. The quantitative estimate of drug-likeness (QED) is 0.629. The van der Waals surface area contributed by atoms with E-state index in [1.54, 1.807) is 61.5 Å². The van der Waals surface area contributed by atoms with Crippen LogP contribution in [0, 0.1) is 0 Å². The van der Waals surface area contributed by atoms with Crippen LogP contribution >= 0.6 is 0 Å². The zero-order chi connectivity index (χ0) is 17.4. The Morgan fingerprint density at radius 3 is 2.17 bits per heavy atom. The first-order valence-electron chi connectivity index (χ1n) is 7.50. The minimum absolute atomic E-state index is 0.0444. The van der Waals surface area contributed by atoms with E-state index in [4.69, 9.17) is 4.74 Å². The molecule has 2 amide bonds. The molecule has 0 atom stereocenters. The number of hydrogen-bond acceptors (Lipinski definition) is 4. The third-order valence-corrected chi connectivity index (χ3v) is 3.22. The molecule has 0 aromatic heterocycles. The number of hydrazine groups is 1. The Kier molecular flexibility index (Phi) is 6.08. The highest BCUT2D eigenvalue weighted by molar-refractivity contribution is 5.96. The number of nitrogens with one attached hydrogen (secondary N) is 2. The van der Waals surface area contributed by atoms with E-state index >= 15 is 0 Å². The zero-order valence-electron chi connectivity index (χ0n) is 13.2. The molecule has 0 aliphatic rings. The lowest BCUT2D eigenvalue weighted by Crippen LogP contribution is -2.43. The van der Waals surface area contributed by atoms with Crippen LogP contribution in [0.3, 0.4) is 0 Å². The van der Waals surface area contributed by atoms with E-state index in [1.807, 2.05) is 0 Å². The second kappa shape index (κ2) is 8.47. The van der Waals surface area contributed by atoms with Gasteiger partial charge in [-0.3, -0.25) is 25.2 Å². The van der Waals surface area contributed by atoms with Gasteiger partial charge in [-0.15, -0.1) is 0 Å². The van der Waals surface area contributed by atoms with E-state index in [0.717, 1.165) is 0 Å². The first kappa shape index (κ1) is 17.2. The van der Waals surface area contributed by atoms with E-state index in [0.29, 0.717) is 23.3 Å². The van der Waals surface area contributed by atoms with Crippen molar-refractivity contribution in [3.05, 3.63) is 65.7 Å². The minimum Gasteiger partial charge on any atom is -0.484 e. The average Bonchev–Trinajstić information content (AvgIpc) is 2.64. The zero-order valence-corrected chi connectivity index (χ0v) is 13.2. The summed E-state index contributed by atoms with van der Waals surface area (Å²) in [5.41, 5.74) is 5.62. The molecule has 2 rings (SSSR count). The lowest BCUT2D eigenvalue weighted by molar-refractivity contribution is -0.123. The molecule has 24 heavy (non-hydrogen) atoms. The number of rotatable bonds is 6. The molecule has 0 aliphatic carbocycles. The highest BCUT2D eigenvalue weighted by Crippen LogP contribution is 2.13. The van der Waals surface area contributed by atoms with Gasteiger partial charge in [0, 0.05) is 17.5 Å². The van der Waals surface area contributed by atoms with Crippen LogP contribution in [0.25, 0.3) is 0 Å². The maximum atomic E-state index is 11.8. The average molecular weight is 326 g/mol. The fourth-order valence-corrected chi connectivity index (χ4v) is 1.91. The number of hydrogen-bond donors (Lipinski definition) is 2. The van der Waals surface area contributed by atoms with Gasteiger partial charge in [0.2, 0.25) is 0 Å². The van der Waals surface area contributed by atoms with Gasteiger partial charge in [0.1, 0.15) is 5.75 Å². The molecule has 0 aliphatic heterocycles. The van der Waals surface area contributed by atoms with Gasteiger partial charge in [-0.1, -0.05) is 25.1 Å². The van der Waals surface area contributed by atoms with Crippen LogP contribution in [0.2, 0.25) is 0 Å². The van der Waals surface area contributed by atoms with Crippen molar-refractivity contribution in [3.8, 4) is 5.75 Å². The predicted octanol–water partition coefficient (Wildman–Crippen LogP) is 2.12. The molecule has 0 saturated heterocycles. The van der Waals surface area contributed by atoms with E-state index in [1.165, 1.54) is 0 Å². The number of carbonyl (C=O) groups excluding carboxylic acids is 3. The summed E-state index contributed by atoms with van der Waals surface area (Å²) in [5, 5.41) is 0. The number of ether oxygens (including phenoxy) is 1. The molecule has 2 aromatic rings. The second-order valence-corrected chi connectivity index (χ2v) is 4.96. The van der Waals surface area contributed by atoms with Gasteiger partial charge in [0.25, 0.3) is 11.8 Å². The monoisotopic (exact) mass is 326 g/mol. The van der Waals surface area contributed by atoms with Crippen molar-refractivity contribution in [2.45, 2.75) is 13.3 Å². The molecule has 0 unspecified atom stereocenters. The lowest BCUT2D eigenvalue weighted by atomic mass is 10.1. The lowest BCUT2D eigenvalue weighted by Gasteiger charge is -2.09. The first-order chi connectivity index (χ1) is 11.6. The van der Waals surface area contributed by atoms with Crippen molar-refractivity contribution < 1.29 is 19.1 Å². The van der Waals surface area contributed by atoms with Crippen molar-refractivity contribution in [1.82, 2.24) is 10.9 Å². The smallest absolute Gasteiger partial charge is 0.276 e. The molecule has 2 aromatic carbocycles. The van der Waals surface area contributed by atoms with Crippen LogP contribution in [-0.4, -0.2) is 24.2 Å². The fourth-order valence-electron chi connectivity index (χ4n) is 1.91. The highest BCUT2D eigenvalue weighted by atomic mass is 16.5. The third kappa shape index (κ3) is 4.95. The van der Waals surface area contributed by atoms with Crippen molar-refractivity contribution in [2.75, 3.05) is 6.61 Å². The molecule has 0 spiro atoms. The van der Waals surface area contributed by atoms with Gasteiger partial charge in [0.05, 0.1) is 0 Å². The molecule has 0 radical (unpaired) electrons. The Labute approximate surface area is 139 Å². The summed E-state index contributed by atoms with van der Waals surface area (Å²) in [7, 11) is 0. The Bertz CT molecular complexity index is 712. The van der Waals surface area contributed by atoms with Crippen LogP contribution in [0.5, 0.6) is 5.75 Å². The first-order valence-corrected chi connectivity index (χ1v) is 7.50. The second-order valence-electron chi connectivity index (χ2n) is 4.96. The number of benzene rings is 2. The van der Waals surface area contributed by atoms with Gasteiger partial charge in [-0.05, 0) is 36.4 Å². The number of ketones is 1. The minimum atomic E-state index is -0.493. The molecular formula is C18H18N2O4. The van der Waals surface area contributed by atoms with Crippen LogP contribution in [-0.2, 0) is 4.79 Å². The summed E-state index contributed by atoms with van der Waals surface area (Å²) in [4.78, 5) is 34.9. The summed E-state index contributed by atoms with van der Waals surface area (Å²) in [6, 6.07) is 15.1. The van der Waals surface area contributed by atoms with Gasteiger partial charge in [-0.25, -0.2) is 0 Å². The third-order valence-electron chi connectivity index (χ3n) is 3.22. The van der Waals surface area contributed by atoms with Gasteiger partial charge in [-0.2, -0.15) is 0 Å². The predicted molar refractivity (Wildman–Crippen MR) is 88.6 cm³/mol. The standard InChI is InChI=1S/C18H18N2O4/c1-2-16(21)13-8-10-15(11-9-13)24-12-17(22)19-20-18(23)14-6-4-3-5-7-14/h3-11H,2,12H2,1H3,(H,19,22)(H,20,23). The SMILES string of the molecule is CCC(=O)c1ccc(OCC(=O)NNC(=O)c2ccccc2)cc1. The van der Waals surface area contributed by atoms with E-state index in [-0.39, 0.29) is 12.4 Å². The van der Waals surface area contributed by atoms with E-state index < -0.39 is 11.8 Å². The highest BCUT2D eigenvalue weighted by Gasteiger charge is 2.08. The Morgan fingerprint density at radius 2 is 1.54 bits per heavy atom. The number of carbonyl (C=O) groups is 3. The summed E-state index contributed by atoms with van der Waals surface area (Å²) < 4.78 is 5.30. The molecule has 0 bridgehead atoms. The fraction of sp³-hybridized carbons (Fsp3) is 0.167. The van der Waals surface area contributed by atoms with Crippen LogP contribution < -0.4 is 15.6 Å². The normalized spacial score (nSPS) is 9.88. The maximum Gasteiger partial charge on any atom is 0.276 e. The van der Waals surface area contributed by atoms with E-state index in [9.17, 15) is 14.4 Å². The topological polar surface area (TPSA) is 84.5 Å². The Balaban J connectivity index is 1.77. The van der Waals surface area contributed by atoms with Crippen molar-refractivity contribution >= 4 is 17.6 Å². The molecule has 0 heterocycles. The molecular weight excluding hydrogens is 308 g/mol.